The first-order valence-corrected chi connectivity index (χ1v) is 11.9. The number of fused-ring (bicyclic) bond motifs is 2. The average molecular weight is 501 g/mol. The third-order valence-electron chi connectivity index (χ3n) is 5.44. The van der Waals surface area contributed by atoms with Crippen molar-refractivity contribution in [2.24, 2.45) is 9.98 Å². The Morgan fingerprint density at radius 3 is 1.34 bits per heavy atom. The van der Waals surface area contributed by atoms with Crippen molar-refractivity contribution in [1.29, 1.82) is 0 Å². The number of benzene rings is 5. The number of halogens is 2. The lowest BCUT2D eigenvalue weighted by atomic mass is 10.0. The largest absolute Gasteiger partial charge is 0.507 e. The summed E-state index contributed by atoms with van der Waals surface area (Å²) in [6.07, 6.45) is 3.34. The summed E-state index contributed by atoms with van der Waals surface area (Å²) in [4.78, 5) is 9.25. The summed E-state index contributed by atoms with van der Waals surface area (Å²) in [5.74, 6) is 0.350. The van der Waals surface area contributed by atoms with Crippen LogP contribution < -0.4 is 0 Å². The molecular formula is C29H22Cl2N2O2. The molecule has 2 N–H and O–H groups in total. The highest BCUT2D eigenvalue weighted by Gasteiger charge is 2.07. The van der Waals surface area contributed by atoms with Gasteiger partial charge < -0.3 is 10.2 Å². The number of para-hydroxylation sites is 2. The number of rotatable bonds is 4. The first-order valence-electron chi connectivity index (χ1n) is 10.8. The molecule has 0 saturated heterocycles. The lowest BCUT2D eigenvalue weighted by Crippen LogP contribution is -1.87. The molecule has 0 aliphatic carbocycles. The van der Waals surface area contributed by atoms with E-state index in [0.29, 0.717) is 22.5 Å². The van der Waals surface area contributed by atoms with Gasteiger partial charge in [0.25, 0.3) is 0 Å². The lowest BCUT2D eigenvalue weighted by Gasteiger charge is -2.06. The predicted molar refractivity (Wildman–Crippen MR) is 149 cm³/mol. The first-order chi connectivity index (χ1) is 17.1. The smallest absolute Gasteiger partial charge is 0.124 e. The van der Waals surface area contributed by atoms with Crippen LogP contribution in [0.4, 0.5) is 11.4 Å². The molecule has 0 unspecified atom stereocenters. The monoisotopic (exact) mass is 500 g/mol. The van der Waals surface area contributed by atoms with Crippen LogP contribution in [0.1, 0.15) is 11.1 Å². The summed E-state index contributed by atoms with van der Waals surface area (Å²) in [5.41, 5.74) is 2.65. The van der Waals surface area contributed by atoms with Crippen molar-refractivity contribution in [2.75, 3.05) is 5.34 Å². The van der Waals surface area contributed by atoms with Crippen LogP contribution in [0.5, 0.6) is 11.5 Å². The highest BCUT2D eigenvalue weighted by molar-refractivity contribution is 6.40. The van der Waals surface area contributed by atoms with Crippen LogP contribution in [-0.2, 0) is 0 Å². The molecule has 0 aliphatic heterocycles. The molecule has 5 aromatic rings. The minimum atomic E-state index is 0.175. The molecule has 5 aromatic carbocycles. The van der Waals surface area contributed by atoms with Gasteiger partial charge in [-0.05, 0) is 45.8 Å². The third-order valence-corrected chi connectivity index (χ3v) is 5.44. The second kappa shape index (κ2) is 11.5. The molecule has 0 aliphatic rings. The Morgan fingerprint density at radius 2 is 0.914 bits per heavy atom. The summed E-state index contributed by atoms with van der Waals surface area (Å²) < 4.78 is 0. The molecule has 0 spiro atoms. The summed E-state index contributed by atoms with van der Waals surface area (Å²) in [6.45, 7) is 0. The fourth-order valence-electron chi connectivity index (χ4n) is 3.79. The molecule has 6 heteroatoms. The molecule has 4 nitrogen and oxygen atoms in total. The second-order valence-electron chi connectivity index (χ2n) is 7.55. The number of phenolic OH excluding ortho intramolecular Hbond substituents is 2. The van der Waals surface area contributed by atoms with E-state index in [-0.39, 0.29) is 16.8 Å². The van der Waals surface area contributed by atoms with Crippen LogP contribution in [0.2, 0.25) is 0 Å². The van der Waals surface area contributed by atoms with Gasteiger partial charge >= 0.3 is 0 Å². The van der Waals surface area contributed by atoms with E-state index < -0.39 is 0 Å². The molecule has 0 bridgehead atoms. The van der Waals surface area contributed by atoms with Gasteiger partial charge in [0.2, 0.25) is 0 Å². The van der Waals surface area contributed by atoms with Gasteiger partial charge in [-0.3, -0.25) is 9.98 Å². The molecule has 0 radical (unpaired) electrons. The van der Waals surface area contributed by atoms with Crippen molar-refractivity contribution in [2.45, 2.75) is 0 Å². The van der Waals surface area contributed by atoms with Gasteiger partial charge in [-0.1, -0.05) is 72.8 Å². The van der Waals surface area contributed by atoms with Crippen molar-refractivity contribution in [3.05, 3.63) is 108 Å². The van der Waals surface area contributed by atoms with Crippen LogP contribution in [0, 0.1) is 0 Å². The van der Waals surface area contributed by atoms with Gasteiger partial charge in [0.1, 0.15) is 11.5 Å². The first kappa shape index (κ1) is 24.3. The summed E-state index contributed by atoms with van der Waals surface area (Å²) >= 11 is 9.53. The molecule has 35 heavy (non-hydrogen) atoms. The Labute approximate surface area is 213 Å². The van der Waals surface area contributed by atoms with Gasteiger partial charge in [-0.25, -0.2) is 0 Å². The second-order valence-corrected chi connectivity index (χ2v) is 8.35. The van der Waals surface area contributed by atoms with E-state index in [4.69, 9.17) is 23.2 Å². The molecule has 0 heterocycles. The zero-order valence-corrected chi connectivity index (χ0v) is 20.2. The fraction of sp³-hybridized carbons (Fsp3) is 0.0345. The zero-order valence-electron chi connectivity index (χ0n) is 18.6. The van der Waals surface area contributed by atoms with Crippen molar-refractivity contribution < 1.29 is 10.2 Å². The maximum absolute atomic E-state index is 10.4. The molecule has 0 amide bonds. The fourth-order valence-corrected chi connectivity index (χ4v) is 3.79. The molecule has 0 fully saturated rings. The van der Waals surface area contributed by atoms with E-state index in [1.807, 2.05) is 84.9 Å². The minimum Gasteiger partial charge on any atom is -0.507 e. The van der Waals surface area contributed by atoms with Crippen molar-refractivity contribution in [1.82, 2.24) is 0 Å². The number of nitrogens with zero attached hydrogens (tertiary/aromatic N) is 2. The van der Waals surface area contributed by atoms with Crippen LogP contribution in [0.15, 0.2) is 107 Å². The van der Waals surface area contributed by atoms with Crippen molar-refractivity contribution in [3.63, 3.8) is 0 Å². The van der Waals surface area contributed by atoms with Crippen LogP contribution in [0.25, 0.3) is 21.5 Å². The van der Waals surface area contributed by atoms with E-state index in [2.05, 4.69) is 9.98 Å². The highest BCUT2D eigenvalue weighted by Crippen LogP contribution is 2.31. The van der Waals surface area contributed by atoms with Crippen LogP contribution >= 0.6 is 23.2 Å². The van der Waals surface area contributed by atoms with Crippen molar-refractivity contribution in [3.8, 4) is 11.5 Å². The Hall–Kier alpha value is -3.86. The maximum Gasteiger partial charge on any atom is 0.124 e. The minimum absolute atomic E-state index is 0.175. The molecular weight excluding hydrogens is 479 g/mol. The number of alkyl halides is 2. The summed E-state index contributed by atoms with van der Waals surface area (Å²) in [7, 11) is 0. The lowest BCUT2D eigenvalue weighted by molar-refractivity contribution is 0.475. The third kappa shape index (κ3) is 5.62. The van der Waals surface area contributed by atoms with Gasteiger partial charge in [-0.2, -0.15) is 0 Å². The number of phenols is 2. The van der Waals surface area contributed by atoms with Gasteiger partial charge in [0.05, 0.1) is 16.7 Å². The SMILES string of the molecule is ClCCl.Oc1ccc2ccccc2c1C=Nc1ccccc1N=Cc1c(O)ccc2ccccc12. The molecule has 174 valence electrons. The molecule has 0 aromatic heterocycles. The zero-order chi connectivity index (χ0) is 24.6. The Balaban J connectivity index is 0.000000917. The van der Waals surface area contributed by atoms with E-state index in [0.717, 1.165) is 21.5 Å². The Bertz CT molecular complexity index is 1420. The molecule has 5 rings (SSSR count). The quantitative estimate of drug-likeness (QED) is 0.192. The maximum atomic E-state index is 10.4. The Kier molecular flexibility index (Phi) is 7.99. The van der Waals surface area contributed by atoms with Crippen LogP contribution in [-0.4, -0.2) is 28.0 Å². The highest BCUT2D eigenvalue weighted by atomic mass is 35.5. The summed E-state index contributed by atoms with van der Waals surface area (Å²) in [5, 5.41) is 24.9. The van der Waals surface area contributed by atoms with E-state index in [9.17, 15) is 10.2 Å². The number of hydrogen-bond acceptors (Lipinski definition) is 4. The van der Waals surface area contributed by atoms with Gasteiger partial charge in [0.15, 0.2) is 0 Å². The van der Waals surface area contributed by atoms with Gasteiger partial charge in [-0.15, -0.1) is 23.2 Å². The van der Waals surface area contributed by atoms with Crippen LogP contribution in [0.3, 0.4) is 0 Å². The number of aliphatic imine (C=N–C) groups is 2. The average Bonchev–Trinajstić information content (AvgIpc) is 2.88. The normalized spacial score (nSPS) is 11.3. The Morgan fingerprint density at radius 1 is 0.543 bits per heavy atom. The standard InChI is InChI=1S/C28H20N2O2.CH2Cl2/c31-27-15-13-19-7-1-3-9-21(19)23(27)17-29-25-11-5-6-12-26(25)30-18-24-22-10-4-2-8-20(22)14-16-28(24)32;2-1-3/h1-18,31-32H;1H2. The summed E-state index contributed by atoms with van der Waals surface area (Å²) in [6, 6.07) is 30.4. The van der Waals surface area contributed by atoms with E-state index in [1.54, 1.807) is 24.6 Å². The van der Waals surface area contributed by atoms with E-state index >= 15 is 0 Å². The molecule has 0 atom stereocenters. The van der Waals surface area contributed by atoms with Gasteiger partial charge in [0, 0.05) is 23.6 Å². The topological polar surface area (TPSA) is 65.2 Å². The molecule has 0 saturated carbocycles. The van der Waals surface area contributed by atoms with E-state index in [1.165, 1.54) is 0 Å². The number of aromatic hydroxyl groups is 2. The van der Waals surface area contributed by atoms with Crippen molar-refractivity contribution >= 4 is 68.6 Å². The predicted octanol–water partition coefficient (Wildman–Crippen LogP) is 8.33. The number of hydrogen-bond donors (Lipinski definition) is 2.